The number of anilines is 3. The van der Waals surface area contributed by atoms with Crippen molar-refractivity contribution in [1.82, 2.24) is 5.16 Å². The van der Waals surface area contributed by atoms with Crippen molar-refractivity contribution in [3.8, 4) is 0 Å². The summed E-state index contributed by atoms with van der Waals surface area (Å²) in [7, 11) is -4.39. The molecule has 13 heteroatoms. The fourth-order valence-corrected chi connectivity index (χ4v) is 3.86. The minimum atomic E-state index is -4.93. The van der Waals surface area contributed by atoms with Gasteiger partial charge < -0.3 is 15.2 Å². The summed E-state index contributed by atoms with van der Waals surface area (Å²) in [4.78, 5) is 23.0. The van der Waals surface area contributed by atoms with Gasteiger partial charge in [0, 0.05) is 18.3 Å². The molecule has 0 spiro atoms. The maximum Gasteiger partial charge on any atom is 0.418 e. The number of rotatable bonds is 6. The summed E-state index contributed by atoms with van der Waals surface area (Å²) in [6.45, 7) is 2.73. The zero-order valence-electron chi connectivity index (χ0n) is 17.1. The topological polar surface area (TPSA) is 130 Å². The highest BCUT2D eigenvalue weighted by Gasteiger charge is 2.35. The second kappa shape index (κ2) is 8.94. The second-order valence-corrected chi connectivity index (χ2v) is 8.50. The predicted octanol–water partition coefficient (Wildman–Crippen LogP) is 4.01. The van der Waals surface area contributed by atoms with Crippen molar-refractivity contribution in [2.75, 3.05) is 15.4 Å². The molecule has 33 heavy (non-hydrogen) atoms. The largest absolute Gasteiger partial charge is 0.418 e. The third-order valence-electron chi connectivity index (χ3n) is 4.31. The van der Waals surface area contributed by atoms with Gasteiger partial charge in [-0.15, -0.1) is 0 Å². The van der Waals surface area contributed by atoms with Gasteiger partial charge in [0.1, 0.15) is 11.3 Å². The number of amides is 2. The van der Waals surface area contributed by atoms with E-state index in [4.69, 9.17) is 4.52 Å². The molecule has 9 nitrogen and oxygen atoms in total. The van der Waals surface area contributed by atoms with Crippen LogP contribution in [0.5, 0.6) is 0 Å². The molecule has 1 aromatic heterocycles. The molecule has 3 aromatic rings. The number of alkyl halides is 3. The first kappa shape index (κ1) is 23.8. The van der Waals surface area contributed by atoms with E-state index in [0.29, 0.717) is 11.8 Å². The smallest absolute Gasteiger partial charge is 0.361 e. The molecule has 0 fully saturated rings. The predicted molar refractivity (Wildman–Crippen MR) is 112 cm³/mol. The quantitative estimate of drug-likeness (QED) is 0.487. The van der Waals surface area contributed by atoms with E-state index < -0.39 is 33.4 Å². The minimum absolute atomic E-state index is 0.0380. The fraction of sp³-hybridized carbons (Fsp3) is 0.150. The lowest BCUT2D eigenvalue weighted by Gasteiger charge is -2.17. The Balaban J connectivity index is 1.88. The van der Waals surface area contributed by atoms with Crippen LogP contribution in [0, 0.1) is 6.92 Å². The molecule has 3 rings (SSSR count). The Morgan fingerprint density at radius 3 is 2.18 bits per heavy atom. The van der Waals surface area contributed by atoms with Crippen LogP contribution in [0.15, 0.2) is 58.1 Å². The Morgan fingerprint density at radius 1 is 1.00 bits per heavy atom. The Morgan fingerprint density at radius 2 is 1.64 bits per heavy atom. The van der Waals surface area contributed by atoms with E-state index >= 15 is 0 Å². The highest BCUT2D eigenvalue weighted by Crippen LogP contribution is 2.37. The summed E-state index contributed by atoms with van der Waals surface area (Å²) < 4.78 is 72.8. The Hall–Kier alpha value is -3.87. The van der Waals surface area contributed by atoms with Crippen molar-refractivity contribution in [3.63, 3.8) is 0 Å². The molecule has 0 aliphatic heterocycles. The van der Waals surface area contributed by atoms with Crippen LogP contribution in [-0.4, -0.2) is 25.4 Å². The lowest BCUT2D eigenvalue weighted by molar-refractivity contribution is -0.136. The highest BCUT2D eigenvalue weighted by atomic mass is 32.2. The number of benzene rings is 2. The molecule has 2 aromatic carbocycles. The fourth-order valence-electron chi connectivity index (χ4n) is 2.79. The van der Waals surface area contributed by atoms with E-state index in [1.54, 1.807) is 0 Å². The van der Waals surface area contributed by atoms with Crippen molar-refractivity contribution in [2.45, 2.75) is 24.9 Å². The van der Waals surface area contributed by atoms with Gasteiger partial charge in [0.2, 0.25) is 5.91 Å². The van der Waals surface area contributed by atoms with E-state index in [9.17, 15) is 31.2 Å². The number of carbonyl (C=O) groups is 2. The maximum atomic E-state index is 13.6. The van der Waals surface area contributed by atoms with Crippen LogP contribution in [0.25, 0.3) is 0 Å². The summed E-state index contributed by atoms with van der Waals surface area (Å²) in [5.41, 5.74) is -1.89. The van der Waals surface area contributed by atoms with Crippen LogP contribution in [0.4, 0.5) is 30.2 Å². The van der Waals surface area contributed by atoms with Crippen LogP contribution in [0.2, 0.25) is 0 Å². The molecule has 0 bridgehead atoms. The number of aryl methyl sites for hydroxylation is 1. The van der Waals surface area contributed by atoms with Crippen LogP contribution in [0.1, 0.15) is 28.6 Å². The lowest BCUT2D eigenvalue weighted by atomic mass is 10.1. The van der Waals surface area contributed by atoms with Crippen LogP contribution in [0.3, 0.4) is 0 Å². The third kappa shape index (κ3) is 5.68. The number of carbonyl (C=O) groups excluding carboxylic acids is 2. The molecule has 0 radical (unpaired) electrons. The first-order valence-electron chi connectivity index (χ1n) is 9.21. The van der Waals surface area contributed by atoms with Crippen LogP contribution < -0.4 is 15.4 Å². The van der Waals surface area contributed by atoms with Gasteiger partial charge in [-0.2, -0.15) is 13.2 Å². The Kier molecular flexibility index (Phi) is 6.44. The molecule has 0 saturated heterocycles. The van der Waals surface area contributed by atoms with Crippen molar-refractivity contribution >= 4 is 38.9 Å². The second-order valence-electron chi connectivity index (χ2n) is 6.82. The zero-order chi connectivity index (χ0) is 24.4. The van der Waals surface area contributed by atoms with Crippen molar-refractivity contribution in [2.24, 2.45) is 0 Å². The van der Waals surface area contributed by atoms with E-state index in [1.165, 1.54) is 26.0 Å². The molecule has 0 saturated carbocycles. The average molecular weight is 482 g/mol. The lowest BCUT2D eigenvalue weighted by Crippen LogP contribution is -2.18. The first-order chi connectivity index (χ1) is 15.4. The number of nitrogens with zero attached hydrogens (tertiary/aromatic N) is 1. The molecule has 0 unspecified atom stereocenters. The number of hydrogen-bond donors (Lipinski definition) is 3. The Labute approximate surface area is 186 Å². The van der Waals surface area contributed by atoms with Gasteiger partial charge >= 0.3 is 6.18 Å². The van der Waals surface area contributed by atoms with Gasteiger partial charge in [0.05, 0.1) is 22.3 Å². The number of halogens is 3. The molecule has 0 aliphatic rings. The minimum Gasteiger partial charge on any atom is -0.361 e. The molecular weight excluding hydrogens is 465 g/mol. The third-order valence-corrected chi connectivity index (χ3v) is 5.69. The average Bonchev–Trinajstić information content (AvgIpc) is 3.14. The SMILES string of the molecule is CC(=O)Nc1ccc(S(=O)(=O)Nc2ccc(NC(=O)c3cnoc3C)cc2C(F)(F)F)cc1. The van der Waals surface area contributed by atoms with Crippen LogP contribution in [-0.2, 0) is 21.0 Å². The standard InChI is InChI=1S/C20H17F3N4O5S/c1-11-16(10-24-32-11)19(29)26-14-5-8-18(17(9-14)20(21,22)23)27-33(30,31)15-6-3-13(4-7-15)25-12(2)28/h3-10,27H,1-2H3,(H,25,28)(H,26,29). The molecule has 3 N–H and O–H groups in total. The van der Waals surface area contributed by atoms with Gasteiger partial charge in [0.25, 0.3) is 15.9 Å². The number of hydrogen-bond acceptors (Lipinski definition) is 6. The zero-order valence-corrected chi connectivity index (χ0v) is 18.0. The van der Waals surface area contributed by atoms with E-state index in [0.717, 1.165) is 30.5 Å². The molecule has 0 aliphatic carbocycles. The highest BCUT2D eigenvalue weighted by molar-refractivity contribution is 7.92. The summed E-state index contributed by atoms with van der Waals surface area (Å²) in [5, 5.41) is 8.17. The molecule has 1 heterocycles. The Bertz CT molecular complexity index is 1300. The van der Waals surface area contributed by atoms with Gasteiger partial charge in [-0.25, -0.2) is 8.42 Å². The summed E-state index contributed by atoms with van der Waals surface area (Å²) >= 11 is 0. The summed E-state index contributed by atoms with van der Waals surface area (Å²) in [6.07, 6.45) is -3.81. The summed E-state index contributed by atoms with van der Waals surface area (Å²) in [5.74, 6) is -0.933. The van der Waals surface area contributed by atoms with Gasteiger partial charge in [0.15, 0.2) is 0 Å². The van der Waals surface area contributed by atoms with Crippen molar-refractivity contribution < 1.29 is 35.7 Å². The number of sulfonamides is 1. The van der Waals surface area contributed by atoms with E-state index in [1.807, 2.05) is 4.72 Å². The first-order valence-corrected chi connectivity index (χ1v) is 10.7. The van der Waals surface area contributed by atoms with Gasteiger partial charge in [-0.3, -0.25) is 14.3 Å². The van der Waals surface area contributed by atoms with E-state index in [-0.39, 0.29) is 27.8 Å². The molecular formula is C20H17F3N4O5S. The molecule has 174 valence electrons. The maximum absolute atomic E-state index is 13.6. The molecule has 0 atom stereocenters. The van der Waals surface area contributed by atoms with Crippen LogP contribution >= 0.6 is 0 Å². The van der Waals surface area contributed by atoms with Gasteiger partial charge in [-0.1, -0.05) is 5.16 Å². The number of aromatic nitrogens is 1. The van der Waals surface area contributed by atoms with Crippen molar-refractivity contribution in [3.05, 3.63) is 65.5 Å². The van der Waals surface area contributed by atoms with Crippen molar-refractivity contribution in [1.29, 1.82) is 0 Å². The number of nitrogens with one attached hydrogen (secondary N) is 3. The summed E-state index contributed by atoms with van der Waals surface area (Å²) in [6, 6.07) is 7.49. The van der Waals surface area contributed by atoms with E-state index in [2.05, 4.69) is 15.8 Å². The normalized spacial score (nSPS) is 11.7. The monoisotopic (exact) mass is 482 g/mol. The van der Waals surface area contributed by atoms with Gasteiger partial charge in [-0.05, 0) is 49.4 Å². The molecule has 2 amide bonds.